The maximum absolute atomic E-state index is 12.6. The van der Waals surface area contributed by atoms with Gasteiger partial charge in [-0.15, -0.1) is 0 Å². The first-order valence-electron chi connectivity index (χ1n) is 8.41. The topological polar surface area (TPSA) is 66.8 Å². The highest BCUT2D eigenvalue weighted by molar-refractivity contribution is 5.89. The van der Waals surface area contributed by atoms with E-state index < -0.39 is 17.1 Å². The zero-order valence-corrected chi connectivity index (χ0v) is 13.5. The molecule has 122 valence electrons. The number of phenols is 1. The van der Waals surface area contributed by atoms with Crippen molar-refractivity contribution in [1.82, 2.24) is 0 Å². The van der Waals surface area contributed by atoms with Gasteiger partial charge in [-0.25, -0.2) is 0 Å². The molecule has 2 aliphatic carbocycles. The normalized spacial score (nSPS) is 42.1. The first-order valence-corrected chi connectivity index (χ1v) is 8.41. The van der Waals surface area contributed by atoms with Crippen LogP contribution >= 0.6 is 0 Å². The molecule has 1 saturated heterocycles. The fourth-order valence-electron chi connectivity index (χ4n) is 5.95. The summed E-state index contributed by atoms with van der Waals surface area (Å²) < 4.78 is 6.75. The molecule has 0 radical (unpaired) electrons. The average molecular weight is 316 g/mol. The largest absolute Gasteiger partial charge is 0.504 e. The zero-order chi connectivity index (χ0) is 16.2. The molecule has 2 heterocycles. The van der Waals surface area contributed by atoms with E-state index >= 15 is 0 Å². The second kappa shape index (κ2) is 3.73. The summed E-state index contributed by atoms with van der Waals surface area (Å²) >= 11 is 0. The van der Waals surface area contributed by atoms with Crippen molar-refractivity contribution in [2.75, 3.05) is 20.6 Å². The van der Waals surface area contributed by atoms with Gasteiger partial charge < -0.3 is 19.4 Å². The Morgan fingerprint density at radius 2 is 2.09 bits per heavy atom. The minimum Gasteiger partial charge on any atom is -0.504 e. The Labute approximate surface area is 135 Å². The number of benzene rings is 1. The van der Waals surface area contributed by atoms with Crippen LogP contribution in [0.4, 0.5) is 0 Å². The van der Waals surface area contributed by atoms with Crippen LogP contribution in [0.1, 0.15) is 30.4 Å². The Balaban J connectivity index is 1.88. The Morgan fingerprint density at radius 1 is 1.30 bits per heavy atom. The van der Waals surface area contributed by atoms with Crippen molar-refractivity contribution in [3.8, 4) is 11.5 Å². The number of ketones is 1. The lowest BCUT2D eigenvalue weighted by Gasteiger charge is -2.63. The molecule has 1 spiro atoms. The van der Waals surface area contributed by atoms with Crippen LogP contribution in [0, 0.1) is 0 Å². The first kappa shape index (κ1) is 13.8. The summed E-state index contributed by atoms with van der Waals surface area (Å²) in [5.74, 6) is 0.580. The predicted octanol–water partition coefficient (Wildman–Crippen LogP) is 0.890. The highest BCUT2D eigenvalue weighted by atomic mass is 16.5. The molecule has 5 nitrogen and oxygen atoms in total. The van der Waals surface area contributed by atoms with E-state index in [9.17, 15) is 15.0 Å². The smallest absolute Gasteiger partial charge is 0.174 e. The third-order valence-corrected chi connectivity index (χ3v) is 7.06. The van der Waals surface area contributed by atoms with E-state index in [2.05, 4.69) is 14.1 Å². The lowest BCUT2D eigenvalue weighted by Crippen LogP contribution is -2.79. The number of nitrogens with zero attached hydrogens (tertiary/aromatic N) is 1. The maximum Gasteiger partial charge on any atom is 0.174 e. The van der Waals surface area contributed by atoms with E-state index in [1.54, 1.807) is 6.07 Å². The number of ether oxygens (including phenoxy) is 1. The summed E-state index contributed by atoms with van der Waals surface area (Å²) in [7, 11) is 4.34. The molecule has 1 aromatic carbocycles. The molecule has 0 amide bonds. The van der Waals surface area contributed by atoms with Gasteiger partial charge in [0.15, 0.2) is 23.4 Å². The summed E-state index contributed by atoms with van der Waals surface area (Å²) in [6.45, 7) is 0.897. The van der Waals surface area contributed by atoms with Gasteiger partial charge in [0.2, 0.25) is 0 Å². The molecule has 4 aliphatic rings. The summed E-state index contributed by atoms with van der Waals surface area (Å²) in [5, 5.41) is 22.1. The number of likely N-dealkylation sites (tertiary alicyclic amines) is 1. The summed E-state index contributed by atoms with van der Waals surface area (Å²) in [4.78, 5) is 12.6. The van der Waals surface area contributed by atoms with E-state index in [0.29, 0.717) is 25.0 Å². The fourth-order valence-corrected chi connectivity index (χ4v) is 5.95. The molecular formula is C18H22NO4+. The van der Waals surface area contributed by atoms with E-state index in [0.717, 1.165) is 28.6 Å². The van der Waals surface area contributed by atoms with Gasteiger partial charge in [-0.1, -0.05) is 6.07 Å². The number of phenolic OH excluding ortho intramolecular Hbond substituents is 1. The Kier molecular flexibility index (Phi) is 2.24. The van der Waals surface area contributed by atoms with Crippen molar-refractivity contribution >= 4 is 5.78 Å². The molecule has 2 bridgehead atoms. The van der Waals surface area contributed by atoms with Crippen LogP contribution in [0.2, 0.25) is 0 Å². The predicted molar refractivity (Wildman–Crippen MR) is 82.5 cm³/mol. The van der Waals surface area contributed by atoms with Crippen molar-refractivity contribution in [2.24, 2.45) is 0 Å². The number of likely N-dealkylation sites (N-methyl/N-ethyl adjacent to an activating group) is 1. The third kappa shape index (κ3) is 1.28. The molecule has 23 heavy (non-hydrogen) atoms. The van der Waals surface area contributed by atoms with Crippen LogP contribution in [-0.4, -0.2) is 58.9 Å². The molecule has 5 heteroatoms. The highest BCUT2D eigenvalue weighted by Crippen LogP contribution is 2.65. The standard InChI is InChI=1S/C18H21NO4/c1-19(2)8-7-17-14-10-3-4-11(20)15(14)23-16(17)12(21)5-6-18(17,22)13(19)9-10/h3-4,13,16,22H,5-9H2,1-2H3/p+1/t13-,16?,17+,18+/m1/s1. The molecule has 2 fully saturated rings. The minimum absolute atomic E-state index is 0.0541. The van der Waals surface area contributed by atoms with Crippen LogP contribution < -0.4 is 4.74 Å². The van der Waals surface area contributed by atoms with Crippen LogP contribution in [-0.2, 0) is 16.6 Å². The fraction of sp³-hybridized carbons (Fsp3) is 0.611. The van der Waals surface area contributed by atoms with E-state index in [1.165, 1.54) is 0 Å². The first-order chi connectivity index (χ1) is 10.8. The molecule has 4 atom stereocenters. The minimum atomic E-state index is -0.945. The van der Waals surface area contributed by atoms with Gasteiger partial charge in [-0.2, -0.15) is 0 Å². The lowest BCUT2D eigenvalue weighted by atomic mass is 9.48. The van der Waals surface area contributed by atoms with Crippen LogP contribution in [0.5, 0.6) is 11.5 Å². The number of carbonyl (C=O) groups is 1. The summed E-state index contributed by atoms with van der Waals surface area (Å²) in [6, 6.07) is 3.66. The number of aliphatic hydroxyl groups is 1. The Hall–Kier alpha value is -1.59. The van der Waals surface area contributed by atoms with Gasteiger partial charge in [-0.3, -0.25) is 4.79 Å². The Bertz CT molecular complexity index is 758. The van der Waals surface area contributed by atoms with Crippen molar-refractivity contribution in [3.63, 3.8) is 0 Å². The number of rotatable bonds is 0. The zero-order valence-electron chi connectivity index (χ0n) is 13.5. The van der Waals surface area contributed by atoms with Gasteiger partial charge in [0, 0.05) is 24.8 Å². The average Bonchev–Trinajstić information content (AvgIpc) is 2.86. The van der Waals surface area contributed by atoms with Gasteiger partial charge in [-0.05, 0) is 18.1 Å². The number of hydrogen-bond donors (Lipinski definition) is 2. The number of quaternary nitrogens is 1. The summed E-state index contributed by atoms with van der Waals surface area (Å²) in [6.07, 6.45) is 1.67. The van der Waals surface area contributed by atoms with Crippen molar-refractivity contribution in [1.29, 1.82) is 0 Å². The molecule has 2 aliphatic heterocycles. The van der Waals surface area contributed by atoms with Gasteiger partial charge in [0.05, 0.1) is 26.1 Å². The Morgan fingerprint density at radius 3 is 2.87 bits per heavy atom. The van der Waals surface area contributed by atoms with Gasteiger partial charge in [0.1, 0.15) is 11.6 Å². The molecule has 0 aromatic heterocycles. The van der Waals surface area contributed by atoms with Crippen LogP contribution in [0.3, 0.4) is 0 Å². The number of carbonyl (C=O) groups excluding carboxylic acids is 1. The number of Topliss-reactive ketones (excluding diaryl/α,β-unsaturated/α-hetero) is 1. The molecule has 5 rings (SSSR count). The summed E-state index contributed by atoms with van der Waals surface area (Å²) in [5.41, 5.74) is 0.409. The van der Waals surface area contributed by atoms with Crippen LogP contribution in [0.25, 0.3) is 0 Å². The van der Waals surface area contributed by atoms with E-state index in [-0.39, 0.29) is 17.6 Å². The van der Waals surface area contributed by atoms with Crippen molar-refractivity contribution in [3.05, 3.63) is 23.3 Å². The third-order valence-electron chi connectivity index (χ3n) is 7.06. The second-order valence-corrected chi connectivity index (χ2v) is 8.28. The van der Waals surface area contributed by atoms with Crippen LogP contribution in [0.15, 0.2) is 12.1 Å². The maximum atomic E-state index is 12.6. The molecule has 1 aromatic rings. The number of aromatic hydroxyl groups is 1. The van der Waals surface area contributed by atoms with Crippen molar-refractivity contribution in [2.45, 2.75) is 48.8 Å². The lowest BCUT2D eigenvalue weighted by molar-refractivity contribution is -0.931. The molecule has 2 N–H and O–H groups in total. The van der Waals surface area contributed by atoms with Gasteiger partial charge >= 0.3 is 0 Å². The van der Waals surface area contributed by atoms with E-state index in [4.69, 9.17) is 4.74 Å². The van der Waals surface area contributed by atoms with Gasteiger partial charge in [0.25, 0.3) is 0 Å². The monoisotopic (exact) mass is 316 g/mol. The highest BCUT2D eigenvalue weighted by Gasteiger charge is 2.75. The number of hydrogen-bond acceptors (Lipinski definition) is 4. The second-order valence-electron chi connectivity index (χ2n) is 8.28. The molecule has 1 saturated carbocycles. The molecular weight excluding hydrogens is 294 g/mol. The SMILES string of the molecule is C[N+]1(C)CC[C@]23c4c5ccc(O)c4OC2C(=O)CC[C@]3(O)[C@H]1C5. The molecule has 1 unspecified atom stereocenters. The quantitative estimate of drug-likeness (QED) is 0.698. The van der Waals surface area contributed by atoms with E-state index in [1.807, 2.05) is 6.07 Å². The number of piperidine rings is 1. The van der Waals surface area contributed by atoms with Crippen molar-refractivity contribution < 1.29 is 24.2 Å².